The number of ether oxygens (including phenoxy) is 1. The van der Waals surface area contributed by atoms with Crippen LogP contribution in [0.2, 0.25) is 0 Å². The van der Waals surface area contributed by atoms with Gasteiger partial charge >= 0.3 is 0 Å². The molecule has 5 nitrogen and oxygen atoms in total. The minimum Gasteiger partial charge on any atom is -0.494 e. The Balaban J connectivity index is 1.87. The van der Waals surface area contributed by atoms with Gasteiger partial charge in [-0.2, -0.15) is 0 Å². The van der Waals surface area contributed by atoms with Crippen LogP contribution in [0.1, 0.15) is 18.2 Å². The van der Waals surface area contributed by atoms with Gasteiger partial charge in [-0.05, 0) is 19.2 Å². The lowest BCUT2D eigenvalue weighted by molar-refractivity contribution is 0.287. The van der Waals surface area contributed by atoms with E-state index in [0.29, 0.717) is 6.61 Å². The molecule has 1 aromatic carbocycles. The Morgan fingerprint density at radius 1 is 1.33 bits per heavy atom. The van der Waals surface area contributed by atoms with E-state index in [1.54, 1.807) is 10.9 Å². The first-order valence-electron chi connectivity index (χ1n) is 6.01. The molecule has 0 amide bonds. The largest absolute Gasteiger partial charge is 0.494 e. The summed E-state index contributed by atoms with van der Waals surface area (Å²) in [5.74, 6) is 0.899. The number of rotatable bonds is 6. The lowest BCUT2D eigenvalue weighted by atomic mass is 10.1. The van der Waals surface area contributed by atoms with E-state index in [0.717, 1.165) is 17.9 Å². The molecule has 0 saturated carbocycles. The molecule has 1 atom stereocenters. The first-order chi connectivity index (χ1) is 8.81. The third-order valence-electron chi connectivity index (χ3n) is 2.87. The van der Waals surface area contributed by atoms with Gasteiger partial charge in [0.1, 0.15) is 5.75 Å². The lowest BCUT2D eigenvalue weighted by Crippen LogP contribution is -2.21. The van der Waals surface area contributed by atoms with Crippen molar-refractivity contribution in [3.8, 4) is 5.75 Å². The number of nitrogens with one attached hydrogen (secondary N) is 1. The molecule has 0 aliphatic carbocycles. The average Bonchev–Trinajstić information content (AvgIpc) is 2.82. The van der Waals surface area contributed by atoms with Crippen molar-refractivity contribution in [3.05, 3.63) is 42.2 Å². The van der Waals surface area contributed by atoms with Crippen molar-refractivity contribution in [3.63, 3.8) is 0 Å². The van der Waals surface area contributed by atoms with Gasteiger partial charge in [-0.3, -0.25) is 4.68 Å². The second-order valence-electron chi connectivity index (χ2n) is 4.07. The van der Waals surface area contributed by atoms with Crippen molar-refractivity contribution in [2.75, 3.05) is 13.7 Å². The maximum absolute atomic E-state index is 5.69. The summed E-state index contributed by atoms with van der Waals surface area (Å²) < 4.78 is 7.47. The molecule has 2 aromatic rings. The smallest absolute Gasteiger partial charge is 0.119 e. The van der Waals surface area contributed by atoms with Crippen LogP contribution >= 0.6 is 0 Å². The van der Waals surface area contributed by atoms with Crippen LogP contribution in [0, 0.1) is 0 Å². The highest BCUT2D eigenvalue weighted by atomic mass is 16.5. The molecule has 0 aliphatic heterocycles. The van der Waals surface area contributed by atoms with Gasteiger partial charge in [0.25, 0.3) is 0 Å². The number of aryl methyl sites for hydroxylation is 1. The van der Waals surface area contributed by atoms with Crippen molar-refractivity contribution in [1.29, 1.82) is 0 Å². The van der Waals surface area contributed by atoms with Crippen LogP contribution in [0.5, 0.6) is 5.75 Å². The summed E-state index contributed by atoms with van der Waals surface area (Å²) in [5, 5.41) is 11.1. The number of nitrogens with zero attached hydrogens (tertiary/aromatic N) is 3. The van der Waals surface area contributed by atoms with Crippen molar-refractivity contribution < 1.29 is 4.74 Å². The zero-order chi connectivity index (χ0) is 12.8. The van der Waals surface area contributed by atoms with Crippen molar-refractivity contribution in [1.82, 2.24) is 20.3 Å². The first kappa shape index (κ1) is 12.6. The molecule has 5 heteroatoms. The van der Waals surface area contributed by atoms with Crippen molar-refractivity contribution in [2.24, 2.45) is 7.05 Å². The van der Waals surface area contributed by atoms with E-state index in [1.165, 1.54) is 0 Å². The highest BCUT2D eigenvalue weighted by Gasteiger charge is 2.13. The van der Waals surface area contributed by atoms with Gasteiger partial charge in [0.15, 0.2) is 0 Å². The van der Waals surface area contributed by atoms with Crippen LogP contribution in [-0.2, 0) is 7.05 Å². The van der Waals surface area contributed by atoms with Gasteiger partial charge in [0, 0.05) is 13.5 Å². The molecule has 1 aromatic heterocycles. The zero-order valence-corrected chi connectivity index (χ0v) is 10.7. The quantitative estimate of drug-likeness (QED) is 0.840. The Hall–Kier alpha value is -1.88. The normalized spacial score (nSPS) is 12.3. The summed E-state index contributed by atoms with van der Waals surface area (Å²) in [6.45, 7) is 0.653. The fraction of sp³-hybridized carbons (Fsp3) is 0.385. The molecule has 0 radical (unpaired) electrons. The van der Waals surface area contributed by atoms with E-state index in [1.807, 2.05) is 44.4 Å². The number of aromatic nitrogens is 3. The maximum atomic E-state index is 5.69. The Morgan fingerprint density at radius 3 is 2.72 bits per heavy atom. The number of para-hydroxylation sites is 1. The minimum atomic E-state index is 0.203. The summed E-state index contributed by atoms with van der Waals surface area (Å²) in [7, 11) is 3.82. The molecule has 1 N–H and O–H groups in total. The molecule has 0 bridgehead atoms. The van der Waals surface area contributed by atoms with Gasteiger partial charge < -0.3 is 10.1 Å². The Kier molecular flexibility index (Phi) is 4.30. The van der Waals surface area contributed by atoms with Crippen molar-refractivity contribution >= 4 is 0 Å². The van der Waals surface area contributed by atoms with Gasteiger partial charge in [-0.1, -0.05) is 23.4 Å². The molecule has 0 spiro atoms. The molecule has 0 aliphatic rings. The van der Waals surface area contributed by atoms with Crippen LogP contribution in [0.15, 0.2) is 36.5 Å². The van der Waals surface area contributed by atoms with Gasteiger partial charge in [-0.15, -0.1) is 5.10 Å². The van der Waals surface area contributed by atoms with Crippen LogP contribution < -0.4 is 10.1 Å². The molecule has 2 rings (SSSR count). The predicted octanol–water partition coefficient (Wildman–Crippen LogP) is 1.54. The molecular formula is C13H18N4O. The minimum absolute atomic E-state index is 0.203. The highest BCUT2D eigenvalue weighted by molar-refractivity contribution is 5.20. The van der Waals surface area contributed by atoms with Crippen molar-refractivity contribution in [2.45, 2.75) is 12.5 Å². The number of hydrogen-bond donors (Lipinski definition) is 1. The van der Waals surface area contributed by atoms with Gasteiger partial charge in [-0.25, -0.2) is 0 Å². The fourth-order valence-corrected chi connectivity index (χ4v) is 1.86. The van der Waals surface area contributed by atoms with Gasteiger partial charge in [0.05, 0.1) is 24.5 Å². The summed E-state index contributed by atoms with van der Waals surface area (Å²) in [4.78, 5) is 0. The van der Waals surface area contributed by atoms with E-state index >= 15 is 0 Å². The molecule has 0 fully saturated rings. The maximum Gasteiger partial charge on any atom is 0.119 e. The second kappa shape index (κ2) is 6.16. The molecule has 0 saturated heterocycles. The SMILES string of the molecule is CNC(CCOc1ccccc1)c1cnnn1C. The van der Waals surface area contributed by atoms with Crippen LogP contribution in [0.4, 0.5) is 0 Å². The first-order valence-corrected chi connectivity index (χ1v) is 6.01. The Bertz CT molecular complexity index is 469. The van der Waals surface area contributed by atoms with E-state index in [9.17, 15) is 0 Å². The summed E-state index contributed by atoms with van der Waals surface area (Å²) in [6.07, 6.45) is 2.65. The topological polar surface area (TPSA) is 52.0 Å². The number of benzene rings is 1. The lowest BCUT2D eigenvalue weighted by Gasteiger charge is -2.16. The standard InChI is InChI=1S/C13H18N4O/c1-14-12(13-10-15-16-17(13)2)8-9-18-11-6-4-3-5-7-11/h3-7,10,12,14H,8-9H2,1-2H3. The molecule has 18 heavy (non-hydrogen) atoms. The highest BCUT2D eigenvalue weighted by Crippen LogP contribution is 2.15. The van der Waals surface area contributed by atoms with Crippen LogP contribution in [-0.4, -0.2) is 28.6 Å². The van der Waals surface area contributed by atoms with E-state index in [-0.39, 0.29) is 6.04 Å². The summed E-state index contributed by atoms with van der Waals surface area (Å²) in [5.41, 5.74) is 1.06. The van der Waals surface area contributed by atoms with E-state index in [4.69, 9.17) is 4.74 Å². The third-order valence-corrected chi connectivity index (χ3v) is 2.87. The van der Waals surface area contributed by atoms with E-state index < -0.39 is 0 Å². The number of hydrogen-bond acceptors (Lipinski definition) is 4. The van der Waals surface area contributed by atoms with Crippen LogP contribution in [0.3, 0.4) is 0 Å². The van der Waals surface area contributed by atoms with Gasteiger partial charge in [0.2, 0.25) is 0 Å². The zero-order valence-electron chi connectivity index (χ0n) is 10.7. The molecule has 1 unspecified atom stereocenters. The predicted molar refractivity (Wildman–Crippen MR) is 69.4 cm³/mol. The average molecular weight is 246 g/mol. The van der Waals surface area contributed by atoms with Crippen LogP contribution in [0.25, 0.3) is 0 Å². The van der Waals surface area contributed by atoms with E-state index in [2.05, 4.69) is 15.6 Å². The second-order valence-corrected chi connectivity index (χ2v) is 4.07. The fourth-order valence-electron chi connectivity index (χ4n) is 1.86. The summed E-state index contributed by atoms with van der Waals surface area (Å²) in [6, 6.07) is 10.0. The molecular weight excluding hydrogens is 228 g/mol. The summed E-state index contributed by atoms with van der Waals surface area (Å²) >= 11 is 0. The molecule has 1 heterocycles. The Morgan fingerprint density at radius 2 is 2.11 bits per heavy atom. The molecule has 96 valence electrons. The Labute approximate surface area is 107 Å². The third kappa shape index (κ3) is 3.07. The monoisotopic (exact) mass is 246 g/mol.